The van der Waals surface area contributed by atoms with E-state index in [2.05, 4.69) is 32.3 Å². The zero-order valence-electron chi connectivity index (χ0n) is 18.5. The van der Waals surface area contributed by atoms with Gasteiger partial charge in [-0.1, -0.05) is 0 Å². The third-order valence-electron chi connectivity index (χ3n) is 6.46. The average Bonchev–Trinajstić information content (AvgIpc) is 3.40. The predicted octanol–water partition coefficient (Wildman–Crippen LogP) is 4.82. The Hall–Kier alpha value is -2.91. The van der Waals surface area contributed by atoms with Crippen molar-refractivity contribution in [2.75, 3.05) is 24.3 Å². The number of aromatic nitrogens is 2. The Morgan fingerprint density at radius 2 is 1.88 bits per heavy atom. The molecular weight excluding hydrogens is 431 g/mol. The first-order valence-corrected chi connectivity index (χ1v) is 11.0. The summed E-state index contributed by atoms with van der Waals surface area (Å²) >= 11 is 0. The van der Waals surface area contributed by atoms with E-state index >= 15 is 0 Å². The van der Waals surface area contributed by atoms with Gasteiger partial charge in [-0.05, 0) is 67.3 Å². The number of anilines is 2. The monoisotopic (exact) mass is 457 g/mol. The van der Waals surface area contributed by atoms with E-state index < -0.39 is 17.8 Å². The Morgan fingerprint density at radius 1 is 1.12 bits per heavy atom. The summed E-state index contributed by atoms with van der Waals surface area (Å²) in [5.74, 6) is 1.20. The summed E-state index contributed by atoms with van der Waals surface area (Å²) < 4.78 is 45.3. The molecule has 0 saturated carbocycles. The zero-order valence-corrected chi connectivity index (χ0v) is 18.5. The van der Waals surface area contributed by atoms with Gasteiger partial charge in [-0.15, -0.1) is 0 Å². The summed E-state index contributed by atoms with van der Waals surface area (Å²) in [6.45, 7) is 6.88. The fourth-order valence-corrected chi connectivity index (χ4v) is 4.72. The number of hydrogen-bond donors (Lipinski definition) is 2. The summed E-state index contributed by atoms with van der Waals surface area (Å²) in [6.07, 6.45) is -3.42. The van der Waals surface area contributed by atoms with Gasteiger partial charge in [0.15, 0.2) is 0 Å². The van der Waals surface area contributed by atoms with Crippen molar-refractivity contribution in [1.82, 2.24) is 14.9 Å². The van der Waals surface area contributed by atoms with E-state index in [1.54, 1.807) is 13.0 Å². The first kappa shape index (κ1) is 21.9. The van der Waals surface area contributed by atoms with Gasteiger partial charge in [0.25, 0.3) is 0 Å². The molecule has 9 heteroatoms. The Bertz CT molecular complexity index is 1210. The SMILES string of the molecule is Cc1nc(NC(C)c2cc(N)cc(C(F)(F)F)c2)c2cc3c(cc2n1)CN(C1CCOC1)C3. The van der Waals surface area contributed by atoms with E-state index in [4.69, 9.17) is 10.5 Å². The fourth-order valence-electron chi connectivity index (χ4n) is 4.72. The molecule has 174 valence electrons. The molecule has 0 radical (unpaired) electrons. The number of alkyl halides is 3. The van der Waals surface area contributed by atoms with E-state index in [9.17, 15) is 13.2 Å². The highest BCUT2D eigenvalue weighted by molar-refractivity contribution is 5.90. The van der Waals surface area contributed by atoms with Crippen LogP contribution in [-0.4, -0.2) is 34.1 Å². The highest BCUT2D eigenvalue weighted by atomic mass is 19.4. The number of nitrogens with two attached hydrogens (primary N) is 1. The lowest BCUT2D eigenvalue weighted by molar-refractivity contribution is -0.137. The Balaban J connectivity index is 1.47. The molecular formula is C24H26F3N5O. The van der Waals surface area contributed by atoms with Crippen molar-refractivity contribution in [2.45, 2.75) is 51.6 Å². The van der Waals surface area contributed by atoms with Gasteiger partial charge in [0, 0.05) is 36.8 Å². The molecule has 2 unspecified atom stereocenters. The smallest absolute Gasteiger partial charge is 0.399 e. The molecule has 2 aliphatic rings. The largest absolute Gasteiger partial charge is 0.416 e. The normalized spacial score (nSPS) is 19.7. The second kappa shape index (κ2) is 8.14. The number of nitrogens with zero attached hydrogens (tertiary/aromatic N) is 3. The van der Waals surface area contributed by atoms with Gasteiger partial charge in [0.1, 0.15) is 11.6 Å². The van der Waals surface area contributed by atoms with Crippen LogP contribution in [0.2, 0.25) is 0 Å². The van der Waals surface area contributed by atoms with Gasteiger partial charge < -0.3 is 15.8 Å². The number of ether oxygens (including phenoxy) is 1. The molecule has 0 aliphatic carbocycles. The van der Waals surface area contributed by atoms with Crippen molar-refractivity contribution in [3.05, 3.63) is 58.4 Å². The molecule has 3 heterocycles. The lowest BCUT2D eigenvalue weighted by Crippen LogP contribution is -2.30. The number of nitrogens with one attached hydrogen (secondary N) is 1. The number of benzene rings is 2. The Morgan fingerprint density at radius 3 is 2.58 bits per heavy atom. The molecule has 3 aromatic rings. The molecule has 0 amide bonds. The molecule has 5 rings (SSSR count). The molecule has 0 spiro atoms. The minimum Gasteiger partial charge on any atom is -0.399 e. The van der Waals surface area contributed by atoms with E-state index in [1.807, 2.05) is 6.92 Å². The highest BCUT2D eigenvalue weighted by Gasteiger charge is 2.32. The first-order valence-electron chi connectivity index (χ1n) is 11.0. The Labute approximate surface area is 190 Å². The Kier molecular flexibility index (Phi) is 5.41. The van der Waals surface area contributed by atoms with Gasteiger partial charge in [-0.25, -0.2) is 9.97 Å². The van der Waals surface area contributed by atoms with E-state index in [-0.39, 0.29) is 5.69 Å². The van der Waals surface area contributed by atoms with Gasteiger partial charge >= 0.3 is 6.18 Å². The van der Waals surface area contributed by atoms with Gasteiger partial charge in [-0.2, -0.15) is 13.2 Å². The molecule has 1 saturated heterocycles. The van der Waals surface area contributed by atoms with E-state index in [0.29, 0.717) is 23.2 Å². The number of nitrogen functional groups attached to an aromatic ring is 1. The summed E-state index contributed by atoms with van der Waals surface area (Å²) in [4.78, 5) is 11.6. The molecule has 3 N–H and O–H groups in total. The van der Waals surface area contributed by atoms with Crippen LogP contribution in [0.1, 0.15) is 47.5 Å². The molecule has 33 heavy (non-hydrogen) atoms. The second-order valence-corrected chi connectivity index (χ2v) is 8.93. The first-order chi connectivity index (χ1) is 15.7. The number of hydrogen-bond acceptors (Lipinski definition) is 6. The third-order valence-corrected chi connectivity index (χ3v) is 6.46. The lowest BCUT2D eigenvalue weighted by Gasteiger charge is -2.21. The predicted molar refractivity (Wildman–Crippen MR) is 121 cm³/mol. The molecule has 1 fully saturated rings. The molecule has 2 aliphatic heterocycles. The highest BCUT2D eigenvalue weighted by Crippen LogP contribution is 2.35. The van der Waals surface area contributed by atoms with Crippen LogP contribution in [0.3, 0.4) is 0 Å². The van der Waals surface area contributed by atoms with Crippen molar-refractivity contribution in [3.63, 3.8) is 0 Å². The standard InChI is InChI=1S/C24H26F3N5O/c1-13(15-5-18(24(25,26)27)9-19(28)6-15)29-23-21-7-16-10-32(20-3-4-33-12-20)11-17(16)8-22(21)30-14(2)31-23/h5-9,13,20H,3-4,10-12,28H2,1-2H3,(H,29,30,31). The van der Waals surface area contributed by atoms with E-state index in [1.165, 1.54) is 11.1 Å². The molecule has 2 aromatic carbocycles. The van der Waals surface area contributed by atoms with Crippen LogP contribution in [0.15, 0.2) is 30.3 Å². The molecule has 0 bridgehead atoms. The van der Waals surface area contributed by atoms with Crippen molar-refractivity contribution in [2.24, 2.45) is 0 Å². The lowest BCUT2D eigenvalue weighted by atomic mass is 10.0. The minimum atomic E-state index is -4.46. The quantitative estimate of drug-likeness (QED) is 0.548. The van der Waals surface area contributed by atoms with Gasteiger partial charge in [0.05, 0.1) is 23.7 Å². The number of halogens is 3. The van der Waals surface area contributed by atoms with Crippen molar-refractivity contribution in [1.29, 1.82) is 0 Å². The maximum Gasteiger partial charge on any atom is 0.416 e. The average molecular weight is 458 g/mol. The van der Waals surface area contributed by atoms with Gasteiger partial charge in [-0.3, -0.25) is 4.90 Å². The third kappa shape index (κ3) is 4.35. The van der Waals surface area contributed by atoms with Crippen LogP contribution in [0.25, 0.3) is 10.9 Å². The molecule has 6 nitrogen and oxygen atoms in total. The number of rotatable bonds is 4. The van der Waals surface area contributed by atoms with Crippen LogP contribution < -0.4 is 11.1 Å². The number of fused-ring (bicyclic) bond motifs is 2. The topological polar surface area (TPSA) is 76.3 Å². The van der Waals surface area contributed by atoms with Crippen LogP contribution in [0, 0.1) is 6.92 Å². The fraction of sp³-hybridized carbons (Fsp3) is 0.417. The van der Waals surface area contributed by atoms with Crippen LogP contribution in [0.4, 0.5) is 24.7 Å². The molecule has 1 aromatic heterocycles. The summed E-state index contributed by atoms with van der Waals surface area (Å²) in [7, 11) is 0. The van der Waals surface area contributed by atoms with E-state index in [0.717, 1.165) is 55.8 Å². The van der Waals surface area contributed by atoms with Gasteiger partial charge in [0.2, 0.25) is 0 Å². The summed E-state index contributed by atoms with van der Waals surface area (Å²) in [6, 6.07) is 7.84. The maximum atomic E-state index is 13.3. The maximum absolute atomic E-state index is 13.3. The van der Waals surface area contributed by atoms with Crippen LogP contribution in [0.5, 0.6) is 0 Å². The second-order valence-electron chi connectivity index (χ2n) is 8.93. The van der Waals surface area contributed by atoms with Crippen LogP contribution >= 0.6 is 0 Å². The van der Waals surface area contributed by atoms with Crippen LogP contribution in [-0.2, 0) is 24.0 Å². The number of aryl methyl sites for hydroxylation is 1. The van der Waals surface area contributed by atoms with Crippen molar-refractivity contribution >= 4 is 22.4 Å². The summed E-state index contributed by atoms with van der Waals surface area (Å²) in [5.41, 5.74) is 8.81. The van der Waals surface area contributed by atoms with Crippen molar-refractivity contribution in [3.8, 4) is 0 Å². The summed E-state index contributed by atoms with van der Waals surface area (Å²) in [5, 5.41) is 4.15. The molecule has 2 atom stereocenters. The zero-order chi connectivity index (χ0) is 23.3. The van der Waals surface area contributed by atoms with Crippen molar-refractivity contribution < 1.29 is 17.9 Å². The minimum absolute atomic E-state index is 0.0750.